The van der Waals surface area contributed by atoms with Crippen molar-refractivity contribution >= 4 is 10.0 Å². The Labute approximate surface area is 163 Å². The van der Waals surface area contributed by atoms with Crippen molar-refractivity contribution in [3.05, 3.63) is 78.8 Å². The highest BCUT2D eigenvalue weighted by Gasteiger charge is 2.13. The van der Waals surface area contributed by atoms with Gasteiger partial charge in [0.25, 0.3) is 0 Å². The minimum Gasteiger partial charge on any atom is -0.284 e. The molecule has 0 bridgehead atoms. The predicted molar refractivity (Wildman–Crippen MR) is 109 cm³/mol. The number of pyridine rings is 1. The normalized spacial score (nSPS) is 11.5. The molecular weight excluding hydrogens is 372 g/mol. The molecule has 3 N–H and O–H groups in total. The third kappa shape index (κ3) is 3.45. The fourth-order valence-electron chi connectivity index (χ4n) is 3.23. The van der Waals surface area contributed by atoms with Crippen LogP contribution < -0.4 is 5.14 Å². The highest BCUT2D eigenvalue weighted by Crippen LogP contribution is 2.32. The summed E-state index contributed by atoms with van der Waals surface area (Å²) in [5, 5.41) is 12.5. The lowest BCUT2D eigenvalue weighted by molar-refractivity contribution is 0.597. The van der Waals surface area contributed by atoms with Crippen LogP contribution in [0.3, 0.4) is 0 Å². The van der Waals surface area contributed by atoms with Crippen molar-refractivity contribution in [2.45, 2.75) is 11.8 Å². The molecule has 2 aromatic carbocycles. The zero-order valence-corrected chi connectivity index (χ0v) is 15.9. The van der Waals surface area contributed by atoms with Crippen molar-refractivity contribution < 1.29 is 8.42 Å². The minimum absolute atomic E-state index is 0.147. The first-order valence-corrected chi connectivity index (χ1v) is 10.2. The van der Waals surface area contributed by atoms with E-state index in [4.69, 9.17) is 5.14 Å². The number of primary sulfonamides is 1. The van der Waals surface area contributed by atoms with Gasteiger partial charge in [0.2, 0.25) is 10.0 Å². The lowest BCUT2D eigenvalue weighted by Gasteiger charge is -2.08. The Kier molecular flexibility index (Phi) is 4.54. The molecule has 6 nitrogen and oxygen atoms in total. The number of hydrogen-bond acceptors (Lipinski definition) is 4. The number of nitrogens with zero attached hydrogens (tertiary/aromatic N) is 2. The van der Waals surface area contributed by atoms with Gasteiger partial charge in [-0.2, -0.15) is 5.10 Å². The molecule has 0 saturated carbocycles. The summed E-state index contributed by atoms with van der Waals surface area (Å²) < 4.78 is 23.2. The Bertz CT molecular complexity index is 1230. The highest BCUT2D eigenvalue weighted by atomic mass is 32.2. The first-order valence-electron chi connectivity index (χ1n) is 8.62. The Morgan fingerprint density at radius 2 is 1.50 bits per heavy atom. The first kappa shape index (κ1) is 18.1. The van der Waals surface area contributed by atoms with Crippen molar-refractivity contribution in [2.75, 3.05) is 0 Å². The van der Waals surface area contributed by atoms with E-state index in [0.717, 1.165) is 33.5 Å². The first-order chi connectivity index (χ1) is 13.4. The van der Waals surface area contributed by atoms with E-state index in [2.05, 4.69) is 15.2 Å². The summed E-state index contributed by atoms with van der Waals surface area (Å²) in [6.07, 6.45) is 5.35. The number of aryl methyl sites for hydroxylation is 1. The van der Waals surface area contributed by atoms with E-state index in [9.17, 15) is 8.42 Å². The molecule has 0 atom stereocenters. The van der Waals surface area contributed by atoms with Gasteiger partial charge in [-0.3, -0.25) is 10.1 Å². The zero-order valence-electron chi connectivity index (χ0n) is 15.1. The summed E-state index contributed by atoms with van der Waals surface area (Å²) in [7, 11) is -3.71. The molecule has 0 spiro atoms. The van der Waals surface area contributed by atoms with Gasteiger partial charge in [0, 0.05) is 29.7 Å². The van der Waals surface area contributed by atoms with E-state index >= 15 is 0 Å². The Morgan fingerprint density at radius 1 is 0.857 bits per heavy atom. The molecular formula is C21H18N4O2S. The number of H-pyrrole nitrogens is 1. The predicted octanol–water partition coefficient (Wildman–Crippen LogP) is 3.76. The molecule has 4 rings (SSSR count). The van der Waals surface area contributed by atoms with Gasteiger partial charge in [-0.25, -0.2) is 13.6 Å². The summed E-state index contributed by atoms with van der Waals surface area (Å²) in [4.78, 5) is 4.19. The smallest absolute Gasteiger partial charge is 0.238 e. The summed E-state index contributed by atoms with van der Waals surface area (Å²) >= 11 is 0. The van der Waals surface area contributed by atoms with Gasteiger partial charge in [-0.05, 0) is 47.4 Å². The van der Waals surface area contributed by atoms with E-state index in [-0.39, 0.29) is 4.90 Å². The second kappa shape index (κ2) is 7.03. The highest BCUT2D eigenvalue weighted by molar-refractivity contribution is 7.89. The maximum atomic E-state index is 11.6. The number of benzene rings is 2. The van der Waals surface area contributed by atoms with Gasteiger partial charge in [0.15, 0.2) is 0 Å². The molecule has 28 heavy (non-hydrogen) atoms. The molecule has 4 aromatic rings. The van der Waals surface area contributed by atoms with E-state index in [1.807, 2.05) is 48.7 Å². The van der Waals surface area contributed by atoms with Gasteiger partial charge in [-0.1, -0.05) is 36.4 Å². The Morgan fingerprint density at radius 3 is 2.14 bits per heavy atom. The van der Waals surface area contributed by atoms with E-state index in [1.165, 1.54) is 0 Å². The standard InChI is InChI=1S/C21H18N4O2S/c1-14-12-18(6-7-20(14)28(22,26)27)15-2-4-16(5-3-15)19-13-24-25-21(19)17-8-10-23-11-9-17/h2-13H,1H3,(H,24,25)(H2,22,26,27). The summed E-state index contributed by atoms with van der Waals surface area (Å²) in [6.45, 7) is 1.74. The van der Waals surface area contributed by atoms with Gasteiger partial charge >= 0.3 is 0 Å². The lowest BCUT2D eigenvalue weighted by atomic mass is 9.98. The number of hydrogen-bond donors (Lipinski definition) is 2. The second-order valence-electron chi connectivity index (χ2n) is 6.49. The van der Waals surface area contributed by atoms with E-state index in [0.29, 0.717) is 5.56 Å². The average molecular weight is 390 g/mol. The number of sulfonamides is 1. The maximum Gasteiger partial charge on any atom is 0.238 e. The molecule has 0 aliphatic heterocycles. The Balaban J connectivity index is 1.68. The minimum atomic E-state index is -3.71. The average Bonchev–Trinajstić information content (AvgIpc) is 3.17. The molecule has 2 aromatic heterocycles. The SMILES string of the molecule is Cc1cc(-c2ccc(-c3c[nH]nc3-c3ccncc3)cc2)ccc1S(N)(=O)=O. The number of nitrogens with two attached hydrogens (primary N) is 1. The monoisotopic (exact) mass is 390 g/mol. The van der Waals surface area contributed by atoms with Gasteiger partial charge in [0.1, 0.15) is 0 Å². The summed E-state index contributed by atoms with van der Waals surface area (Å²) in [5.41, 5.74) is 6.42. The lowest BCUT2D eigenvalue weighted by Crippen LogP contribution is -2.13. The number of aromatic amines is 1. The van der Waals surface area contributed by atoms with Gasteiger partial charge < -0.3 is 0 Å². The molecule has 0 radical (unpaired) electrons. The van der Waals surface area contributed by atoms with Crippen LogP contribution in [0.4, 0.5) is 0 Å². The summed E-state index contributed by atoms with van der Waals surface area (Å²) in [6, 6.07) is 17.0. The molecule has 0 fully saturated rings. The fraction of sp³-hybridized carbons (Fsp3) is 0.0476. The van der Waals surface area contributed by atoms with E-state index < -0.39 is 10.0 Å². The topological polar surface area (TPSA) is 102 Å². The molecule has 7 heteroatoms. The molecule has 2 heterocycles. The third-order valence-corrected chi connectivity index (χ3v) is 5.68. The van der Waals surface area contributed by atoms with Crippen molar-refractivity contribution in [3.63, 3.8) is 0 Å². The molecule has 140 valence electrons. The quantitative estimate of drug-likeness (QED) is 0.554. The molecule has 0 aliphatic carbocycles. The van der Waals surface area contributed by atoms with Crippen LogP contribution in [0, 0.1) is 6.92 Å². The van der Waals surface area contributed by atoms with Crippen molar-refractivity contribution in [2.24, 2.45) is 5.14 Å². The van der Waals surface area contributed by atoms with Crippen LogP contribution >= 0.6 is 0 Å². The molecule has 0 saturated heterocycles. The summed E-state index contributed by atoms with van der Waals surface area (Å²) in [5.74, 6) is 0. The third-order valence-electron chi connectivity index (χ3n) is 4.60. The van der Waals surface area contributed by atoms with E-state index in [1.54, 1.807) is 31.5 Å². The number of rotatable bonds is 4. The maximum absolute atomic E-state index is 11.6. The molecule has 0 aliphatic rings. The second-order valence-corrected chi connectivity index (χ2v) is 8.02. The van der Waals surface area contributed by atoms with Crippen molar-refractivity contribution in [1.29, 1.82) is 0 Å². The van der Waals surface area contributed by atoms with Crippen LogP contribution in [-0.2, 0) is 10.0 Å². The Hall–Kier alpha value is -3.29. The molecule has 0 amide bonds. The molecule has 0 unspecified atom stereocenters. The van der Waals surface area contributed by atoms with Crippen LogP contribution in [0.15, 0.2) is 78.1 Å². The number of aromatic nitrogens is 3. The van der Waals surface area contributed by atoms with Crippen molar-refractivity contribution in [3.8, 4) is 33.5 Å². The van der Waals surface area contributed by atoms with Crippen LogP contribution in [0.1, 0.15) is 5.56 Å². The van der Waals surface area contributed by atoms with Gasteiger partial charge in [-0.15, -0.1) is 0 Å². The van der Waals surface area contributed by atoms with Gasteiger partial charge in [0.05, 0.1) is 10.6 Å². The fourth-order valence-corrected chi connectivity index (χ4v) is 4.00. The van der Waals surface area contributed by atoms with Crippen LogP contribution in [0.5, 0.6) is 0 Å². The van der Waals surface area contributed by atoms with Crippen LogP contribution in [0.25, 0.3) is 33.5 Å². The van der Waals surface area contributed by atoms with Crippen LogP contribution in [-0.4, -0.2) is 23.6 Å². The van der Waals surface area contributed by atoms with Crippen LogP contribution in [0.2, 0.25) is 0 Å². The number of nitrogens with one attached hydrogen (secondary N) is 1. The largest absolute Gasteiger partial charge is 0.284 e. The zero-order chi connectivity index (χ0) is 19.7. The van der Waals surface area contributed by atoms with Crippen molar-refractivity contribution in [1.82, 2.24) is 15.2 Å².